The standard InChI is InChI=1S/C25H36N2O6/c1-25(2)18-33-24(31)21(16-19-8-4-3-5-9-19)11-7-6-10-20(23(30)27-25)17-22(29)26-12-14-32-15-13-28/h3-9,20-21,28H,10-18H2,1-2H3,(H,26,29)(H,27,30). The number of cyclic esters (lactones) is 1. The molecule has 0 aromatic heterocycles. The first-order chi connectivity index (χ1) is 15.8. The van der Waals surface area contributed by atoms with Crippen LogP contribution in [0.2, 0.25) is 0 Å². The fourth-order valence-corrected chi connectivity index (χ4v) is 3.53. The van der Waals surface area contributed by atoms with Gasteiger partial charge in [0.15, 0.2) is 0 Å². The van der Waals surface area contributed by atoms with Crippen LogP contribution >= 0.6 is 0 Å². The Morgan fingerprint density at radius 1 is 1.15 bits per heavy atom. The van der Waals surface area contributed by atoms with E-state index in [1.54, 1.807) is 13.8 Å². The zero-order valence-electron chi connectivity index (χ0n) is 19.5. The van der Waals surface area contributed by atoms with Crippen molar-refractivity contribution in [3.8, 4) is 0 Å². The summed E-state index contributed by atoms with van der Waals surface area (Å²) in [5.74, 6) is -1.65. The zero-order chi connectivity index (χ0) is 24.1. The second kappa shape index (κ2) is 13.7. The average molecular weight is 461 g/mol. The smallest absolute Gasteiger partial charge is 0.309 e. The number of amides is 2. The summed E-state index contributed by atoms with van der Waals surface area (Å²) in [6.07, 6.45) is 5.26. The Labute approximate surface area is 195 Å². The third-order valence-corrected chi connectivity index (χ3v) is 5.31. The summed E-state index contributed by atoms with van der Waals surface area (Å²) in [4.78, 5) is 37.9. The van der Waals surface area contributed by atoms with Crippen LogP contribution in [0.4, 0.5) is 0 Å². The highest BCUT2D eigenvalue weighted by molar-refractivity contribution is 5.86. The van der Waals surface area contributed by atoms with Crippen LogP contribution in [0, 0.1) is 11.8 Å². The third kappa shape index (κ3) is 10.2. The van der Waals surface area contributed by atoms with E-state index in [1.165, 1.54) is 0 Å². The van der Waals surface area contributed by atoms with E-state index in [-0.39, 0.29) is 49.9 Å². The molecule has 1 aromatic rings. The number of aliphatic hydroxyl groups excluding tert-OH is 1. The summed E-state index contributed by atoms with van der Waals surface area (Å²) < 4.78 is 10.7. The molecule has 8 heteroatoms. The van der Waals surface area contributed by atoms with E-state index in [0.717, 1.165) is 5.56 Å². The molecule has 0 saturated heterocycles. The summed E-state index contributed by atoms with van der Waals surface area (Å²) in [6, 6.07) is 9.80. The van der Waals surface area contributed by atoms with Crippen molar-refractivity contribution >= 4 is 17.8 Å². The van der Waals surface area contributed by atoms with Crippen molar-refractivity contribution in [2.45, 2.75) is 45.1 Å². The minimum Gasteiger partial charge on any atom is -0.463 e. The summed E-state index contributed by atoms with van der Waals surface area (Å²) in [6.45, 7) is 4.39. The van der Waals surface area contributed by atoms with Crippen LogP contribution in [0.25, 0.3) is 0 Å². The Morgan fingerprint density at radius 2 is 1.85 bits per heavy atom. The first-order valence-corrected chi connectivity index (χ1v) is 11.4. The van der Waals surface area contributed by atoms with Crippen molar-refractivity contribution in [2.24, 2.45) is 11.8 Å². The second-order valence-electron chi connectivity index (χ2n) is 8.90. The molecule has 1 aliphatic rings. The number of hydrogen-bond donors (Lipinski definition) is 3. The van der Waals surface area contributed by atoms with Gasteiger partial charge in [0.25, 0.3) is 0 Å². The molecule has 1 aliphatic heterocycles. The van der Waals surface area contributed by atoms with Gasteiger partial charge in [0.05, 0.1) is 37.2 Å². The number of nitrogens with one attached hydrogen (secondary N) is 2. The molecule has 0 spiro atoms. The highest BCUT2D eigenvalue weighted by Gasteiger charge is 2.30. The first-order valence-electron chi connectivity index (χ1n) is 11.4. The number of carbonyl (C=O) groups excluding carboxylic acids is 3. The van der Waals surface area contributed by atoms with Crippen molar-refractivity contribution in [3.63, 3.8) is 0 Å². The van der Waals surface area contributed by atoms with E-state index < -0.39 is 11.5 Å². The normalized spacial score (nSPS) is 21.3. The lowest BCUT2D eigenvalue weighted by Gasteiger charge is -2.29. The van der Waals surface area contributed by atoms with Gasteiger partial charge in [0.2, 0.25) is 11.8 Å². The predicted octanol–water partition coefficient (Wildman–Crippen LogP) is 1.76. The average Bonchev–Trinajstić information content (AvgIpc) is 2.78. The highest BCUT2D eigenvalue weighted by atomic mass is 16.5. The molecule has 3 N–H and O–H groups in total. The Bertz CT molecular complexity index is 793. The van der Waals surface area contributed by atoms with Gasteiger partial charge in [-0.05, 0) is 38.7 Å². The van der Waals surface area contributed by atoms with Crippen molar-refractivity contribution < 1.29 is 29.0 Å². The number of allylic oxidation sites excluding steroid dienone is 2. The van der Waals surface area contributed by atoms with Crippen LogP contribution in [-0.2, 0) is 30.3 Å². The Balaban J connectivity index is 2.03. The molecule has 2 unspecified atom stereocenters. The van der Waals surface area contributed by atoms with E-state index in [9.17, 15) is 14.4 Å². The SMILES string of the molecule is CC1(C)COC(=O)C(Cc2ccccc2)CC=CCC(CC(=O)NCCOCCO)C(=O)N1. The number of aliphatic hydroxyl groups is 1. The van der Waals surface area contributed by atoms with Gasteiger partial charge in [0.1, 0.15) is 6.61 Å². The minimum atomic E-state index is -0.764. The van der Waals surface area contributed by atoms with Crippen LogP contribution in [-0.4, -0.2) is 61.4 Å². The van der Waals surface area contributed by atoms with Gasteiger partial charge < -0.3 is 25.2 Å². The lowest BCUT2D eigenvalue weighted by Crippen LogP contribution is -2.50. The molecule has 0 saturated carbocycles. The van der Waals surface area contributed by atoms with Gasteiger partial charge >= 0.3 is 5.97 Å². The molecule has 182 valence electrons. The maximum Gasteiger partial charge on any atom is 0.309 e. The molecule has 8 nitrogen and oxygen atoms in total. The summed E-state index contributed by atoms with van der Waals surface area (Å²) >= 11 is 0. The summed E-state index contributed by atoms with van der Waals surface area (Å²) in [7, 11) is 0. The van der Waals surface area contributed by atoms with E-state index >= 15 is 0 Å². The summed E-state index contributed by atoms with van der Waals surface area (Å²) in [5, 5.41) is 14.4. The lowest BCUT2D eigenvalue weighted by molar-refractivity contribution is -0.151. The van der Waals surface area contributed by atoms with Crippen molar-refractivity contribution in [2.75, 3.05) is 33.0 Å². The Hall–Kier alpha value is -2.71. The van der Waals surface area contributed by atoms with Gasteiger partial charge in [-0.2, -0.15) is 0 Å². The van der Waals surface area contributed by atoms with E-state index in [2.05, 4.69) is 10.6 Å². The number of esters is 1. The molecule has 0 bridgehead atoms. The first kappa shape index (κ1) is 26.5. The molecule has 1 heterocycles. The van der Waals surface area contributed by atoms with Crippen LogP contribution in [0.5, 0.6) is 0 Å². The fourth-order valence-electron chi connectivity index (χ4n) is 3.53. The predicted molar refractivity (Wildman–Crippen MR) is 124 cm³/mol. The van der Waals surface area contributed by atoms with Crippen LogP contribution in [0.3, 0.4) is 0 Å². The number of benzene rings is 1. The minimum absolute atomic E-state index is 0.0412. The monoisotopic (exact) mass is 460 g/mol. The Morgan fingerprint density at radius 3 is 2.55 bits per heavy atom. The highest BCUT2D eigenvalue weighted by Crippen LogP contribution is 2.19. The molecule has 0 radical (unpaired) electrons. The van der Waals surface area contributed by atoms with Crippen molar-refractivity contribution in [1.29, 1.82) is 0 Å². The number of carbonyl (C=O) groups is 3. The molecular formula is C25H36N2O6. The molecular weight excluding hydrogens is 424 g/mol. The van der Waals surface area contributed by atoms with Crippen LogP contribution < -0.4 is 10.6 Å². The van der Waals surface area contributed by atoms with E-state index in [1.807, 2.05) is 42.5 Å². The molecule has 2 rings (SSSR count). The molecule has 1 aromatic carbocycles. The topological polar surface area (TPSA) is 114 Å². The molecule has 2 atom stereocenters. The third-order valence-electron chi connectivity index (χ3n) is 5.31. The van der Waals surface area contributed by atoms with Crippen LogP contribution in [0.15, 0.2) is 42.5 Å². The van der Waals surface area contributed by atoms with Gasteiger partial charge in [-0.3, -0.25) is 14.4 Å². The van der Waals surface area contributed by atoms with Gasteiger partial charge in [0, 0.05) is 13.0 Å². The van der Waals surface area contributed by atoms with Crippen molar-refractivity contribution in [1.82, 2.24) is 10.6 Å². The maximum absolute atomic E-state index is 12.9. The number of rotatable bonds is 9. The van der Waals surface area contributed by atoms with Gasteiger partial charge in [-0.25, -0.2) is 0 Å². The van der Waals surface area contributed by atoms with Crippen molar-refractivity contribution in [3.05, 3.63) is 48.0 Å². The molecule has 2 amide bonds. The van der Waals surface area contributed by atoms with Crippen LogP contribution in [0.1, 0.15) is 38.7 Å². The van der Waals surface area contributed by atoms with E-state index in [4.69, 9.17) is 14.6 Å². The largest absolute Gasteiger partial charge is 0.463 e. The maximum atomic E-state index is 12.9. The van der Waals surface area contributed by atoms with Gasteiger partial charge in [-0.1, -0.05) is 42.5 Å². The quantitative estimate of drug-likeness (QED) is 0.294. The fraction of sp³-hybridized carbons (Fsp3) is 0.560. The zero-order valence-corrected chi connectivity index (χ0v) is 19.5. The van der Waals surface area contributed by atoms with Gasteiger partial charge in [-0.15, -0.1) is 0 Å². The van der Waals surface area contributed by atoms with E-state index in [0.29, 0.717) is 32.4 Å². The molecule has 33 heavy (non-hydrogen) atoms. The molecule has 0 fully saturated rings. The Kier molecular flexibility index (Phi) is 11.1. The summed E-state index contributed by atoms with van der Waals surface area (Å²) in [5.41, 5.74) is 0.296. The second-order valence-corrected chi connectivity index (χ2v) is 8.90. The lowest BCUT2D eigenvalue weighted by atomic mass is 9.93. The number of hydrogen-bond acceptors (Lipinski definition) is 6. The molecule has 0 aliphatic carbocycles. The number of ether oxygens (including phenoxy) is 2.